The second-order valence-electron chi connectivity index (χ2n) is 4.21. The maximum atomic E-state index is 10.0. The van der Waals surface area contributed by atoms with E-state index in [2.05, 4.69) is 20.8 Å². The molecule has 1 aromatic rings. The molecule has 2 nitrogen and oxygen atoms in total. The van der Waals surface area contributed by atoms with Crippen LogP contribution in [0.2, 0.25) is 0 Å². The van der Waals surface area contributed by atoms with E-state index < -0.39 is 6.10 Å². The minimum Gasteiger partial charge on any atom is -0.399 e. The van der Waals surface area contributed by atoms with E-state index in [9.17, 15) is 5.11 Å². The summed E-state index contributed by atoms with van der Waals surface area (Å²) in [4.78, 5) is 0. The Balaban J connectivity index is 2.78. The van der Waals surface area contributed by atoms with Gasteiger partial charge in [-0.15, -0.1) is 0 Å². The largest absolute Gasteiger partial charge is 0.399 e. The second-order valence-corrected chi connectivity index (χ2v) is 4.21. The normalized spacial score (nSPS) is 15.5. The summed E-state index contributed by atoms with van der Waals surface area (Å²) >= 11 is 0. The molecule has 0 fully saturated rings. The van der Waals surface area contributed by atoms with Gasteiger partial charge in [0.05, 0.1) is 6.10 Å². The van der Waals surface area contributed by atoms with Crippen molar-refractivity contribution in [2.45, 2.75) is 26.9 Å². The molecule has 0 saturated carbocycles. The van der Waals surface area contributed by atoms with Gasteiger partial charge < -0.3 is 10.8 Å². The Morgan fingerprint density at radius 2 is 1.57 bits per heavy atom. The Kier molecular flexibility index (Phi) is 3.53. The van der Waals surface area contributed by atoms with Gasteiger partial charge in [0.25, 0.3) is 0 Å². The van der Waals surface area contributed by atoms with E-state index in [1.807, 2.05) is 24.3 Å². The summed E-state index contributed by atoms with van der Waals surface area (Å²) in [7, 11) is 0. The van der Waals surface area contributed by atoms with Crippen molar-refractivity contribution < 1.29 is 5.11 Å². The topological polar surface area (TPSA) is 46.2 Å². The van der Waals surface area contributed by atoms with E-state index in [0.717, 1.165) is 11.3 Å². The number of nitrogen functional groups attached to an aromatic ring is 1. The fraction of sp³-hybridized carbons (Fsp3) is 0.500. The zero-order valence-corrected chi connectivity index (χ0v) is 9.07. The molecule has 0 radical (unpaired) electrons. The monoisotopic (exact) mass is 193 g/mol. The van der Waals surface area contributed by atoms with Crippen molar-refractivity contribution in [3.63, 3.8) is 0 Å². The third-order valence-corrected chi connectivity index (χ3v) is 2.83. The fourth-order valence-electron chi connectivity index (χ4n) is 1.36. The minimum absolute atomic E-state index is 0.263. The van der Waals surface area contributed by atoms with Crippen LogP contribution in [0.15, 0.2) is 24.3 Å². The SMILES string of the molecule is CC(C)C(C)C(O)c1ccc(N)cc1. The maximum Gasteiger partial charge on any atom is 0.0818 e. The van der Waals surface area contributed by atoms with E-state index in [0.29, 0.717) is 5.92 Å². The van der Waals surface area contributed by atoms with Crippen LogP contribution in [0.25, 0.3) is 0 Å². The van der Waals surface area contributed by atoms with Crippen molar-refractivity contribution in [1.29, 1.82) is 0 Å². The molecule has 2 unspecified atom stereocenters. The molecule has 0 aromatic heterocycles. The van der Waals surface area contributed by atoms with Gasteiger partial charge in [-0.1, -0.05) is 32.9 Å². The van der Waals surface area contributed by atoms with Crippen LogP contribution in [0.1, 0.15) is 32.4 Å². The van der Waals surface area contributed by atoms with Crippen LogP contribution in [0, 0.1) is 11.8 Å². The quantitative estimate of drug-likeness (QED) is 0.725. The van der Waals surface area contributed by atoms with Gasteiger partial charge in [0, 0.05) is 5.69 Å². The Labute approximate surface area is 85.8 Å². The highest BCUT2D eigenvalue weighted by molar-refractivity contribution is 5.39. The van der Waals surface area contributed by atoms with Gasteiger partial charge in [-0.3, -0.25) is 0 Å². The Bertz CT molecular complexity index is 279. The predicted octanol–water partition coefficient (Wildman–Crippen LogP) is 2.59. The van der Waals surface area contributed by atoms with Gasteiger partial charge in [-0.2, -0.15) is 0 Å². The molecule has 2 atom stereocenters. The van der Waals surface area contributed by atoms with Gasteiger partial charge in [-0.05, 0) is 29.5 Å². The third kappa shape index (κ3) is 2.48. The molecule has 0 aliphatic heterocycles. The van der Waals surface area contributed by atoms with Crippen LogP contribution in [0.5, 0.6) is 0 Å². The van der Waals surface area contributed by atoms with E-state index in [4.69, 9.17) is 5.73 Å². The molecule has 0 aliphatic rings. The van der Waals surface area contributed by atoms with Crippen LogP contribution in [0.4, 0.5) is 5.69 Å². The minimum atomic E-state index is -0.393. The van der Waals surface area contributed by atoms with Gasteiger partial charge in [0.2, 0.25) is 0 Å². The standard InChI is InChI=1S/C12H19NO/c1-8(2)9(3)12(14)10-4-6-11(13)7-5-10/h4-9,12,14H,13H2,1-3H3. The van der Waals surface area contributed by atoms with E-state index in [1.165, 1.54) is 0 Å². The van der Waals surface area contributed by atoms with Crippen LogP contribution >= 0.6 is 0 Å². The molecule has 78 valence electrons. The van der Waals surface area contributed by atoms with Crippen molar-refractivity contribution in [2.75, 3.05) is 5.73 Å². The molecule has 14 heavy (non-hydrogen) atoms. The number of aliphatic hydroxyl groups excluding tert-OH is 1. The fourth-order valence-corrected chi connectivity index (χ4v) is 1.36. The summed E-state index contributed by atoms with van der Waals surface area (Å²) in [6, 6.07) is 7.43. The molecule has 0 aliphatic carbocycles. The highest BCUT2D eigenvalue weighted by Crippen LogP contribution is 2.27. The van der Waals surface area contributed by atoms with Crippen LogP contribution < -0.4 is 5.73 Å². The van der Waals surface area contributed by atoms with Crippen molar-refractivity contribution in [1.82, 2.24) is 0 Å². The van der Waals surface area contributed by atoms with Crippen molar-refractivity contribution >= 4 is 5.69 Å². The zero-order valence-electron chi connectivity index (χ0n) is 9.07. The molecule has 1 aromatic carbocycles. The van der Waals surface area contributed by atoms with Crippen molar-refractivity contribution in [3.05, 3.63) is 29.8 Å². The first-order valence-electron chi connectivity index (χ1n) is 5.06. The number of hydrogen-bond donors (Lipinski definition) is 2. The first kappa shape index (κ1) is 11.1. The molecule has 0 bridgehead atoms. The van der Waals surface area contributed by atoms with Crippen LogP contribution in [-0.4, -0.2) is 5.11 Å². The molecular formula is C12H19NO. The average Bonchev–Trinajstić information content (AvgIpc) is 2.16. The number of benzene rings is 1. The van der Waals surface area contributed by atoms with E-state index in [-0.39, 0.29) is 5.92 Å². The summed E-state index contributed by atoms with van der Waals surface area (Å²) < 4.78 is 0. The highest BCUT2D eigenvalue weighted by atomic mass is 16.3. The summed E-state index contributed by atoms with van der Waals surface area (Å²) in [5.41, 5.74) is 7.26. The summed E-state index contributed by atoms with van der Waals surface area (Å²) in [6.07, 6.45) is -0.393. The van der Waals surface area contributed by atoms with Crippen LogP contribution in [0.3, 0.4) is 0 Å². The van der Waals surface area contributed by atoms with Crippen molar-refractivity contribution in [2.24, 2.45) is 11.8 Å². The van der Waals surface area contributed by atoms with Gasteiger partial charge in [-0.25, -0.2) is 0 Å². The Morgan fingerprint density at radius 3 is 2.00 bits per heavy atom. The smallest absolute Gasteiger partial charge is 0.0818 e. The number of hydrogen-bond acceptors (Lipinski definition) is 2. The Morgan fingerprint density at radius 1 is 1.07 bits per heavy atom. The number of rotatable bonds is 3. The molecule has 2 heteroatoms. The molecule has 1 rings (SSSR count). The van der Waals surface area contributed by atoms with E-state index in [1.54, 1.807) is 0 Å². The predicted molar refractivity (Wildman–Crippen MR) is 59.8 cm³/mol. The molecule has 3 N–H and O–H groups in total. The maximum absolute atomic E-state index is 10.0. The lowest BCUT2D eigenvalue weighted by Gasteiger charge is -2.22. The lowest BCUT2D eigenvalue weighted by molar-refractivity contribution is 0.0921. The van der Waals surface area contributed by atoms with Gasteiger partial charge in [0.15, 0.2) is 0 Å². The highest BCUT2D eigenvalue weighted by Gasteiger charge is 2.18. The summed E-state index contributed by atoms with van der Waals surface area (Å²) in [5.74, 6) is 0.737. The number of nitrogens with two attached hydrogens (primary N) is 1. The molecule has 0 amide bonds. The molecular weight excluding hydrogens is 174 g/mol. The zero-order chi connectivity index (χ0) is 10.7. The average molecular weight is 193 g/mol. The van der Waals surface area contributed by atoms with Crippen LogP contribution in [-0.2, 0) is 0 Å². The molecule has 0 heterocycles. The first-order chi connectivity index (χ1) is 6.52. The second kappa shape index (κ2) is 4.47. The number of anilines is 1. The lowest BCUT2D eigenvalue weighted by Crippen LogP contribution is -2.14. The number of aliphatic hydroxyl groups is 1. The molecule has 0 saturated heterocycles. The van der Waals surface area contributed by atoms with Gasteiger partial charge in [0.1, 0.15) is 0 Å². The third-order valence-electron chi connectivity index (χ3n) is 2.83. The van der Waals surface area contributed by atoms with Crippen molar-refractivity contribution in [3.8, 4) is 0 Å². The Hall–Kier alpha value is -1.02. The molecule has 0 spiro atoms. The van der Waals surface area contributed by atoms with E-state index >= 15 is 0 Å². The first-order valence-corrected chi connectivity index (χ1v) is 5.06. The van der Waals surface area contributed by atoms with Gasteiger partial charge >= 0.3 is 0 Å². The lowest BCUT2D eigenvalue weighted by atomic mass is 9.88. The summed E-state index contributed by atoms with van der Waals surface area (Å²) in [6.45, 7) is 6.29. The summed E-state index contributed by atoms with van der Waals surface area (Å²) in [5, 5.41) is 10.0.